The number of carbonyl (C=O) groups excluding carboxylic acids is 1. The SMILES string of the molecule is COc1ccc(CN2C(=O)CS/C2=N/c2ccc(Cl)c(Cl)c2)c(OC)c1. The van der Waals surface area contributed by atoms with Gasteiger partial charge in [-0.2, -0.15) is 0 Å². The number of nitrogens with zero attached hydrogens (tertiary/aromatic N) is 2. The highest BCUT2D eigenvalue weighted by Crippen LogP contribution is 2.32. The number of ether oxygens (including phenoxy) is 2. The van der Waals surface area contributed by atoms with E-state index in [1.807, 2.05) is 12.1 Å². The van der Waals surface area contributed by atoms with E-state index in [0.717, 1.165) is 5.56 Å². The number of methoxy groups -OCH3 is 2. The van der Waals surface area contributed by atoms with Crippen molar-refractivity contribution in [1.82, 2.24) is 4.90 Å². The summed E-state index contributed by atoms with van der Waals surface area (Å²) >= 11 is 13.4. The Hall–Kier alpha value is -1.89. The monoisotopic (exact) mass is 410 g/mol. The zero-order chi connectivity index (χ0) is 18.7. The van der Waals surface area contributed by atoms with E-state index in [4.69, 9.17) is 32.7 Å². The zero-order valence-corrected chi connectivity index (χ0v) is 16.5. The molecule has 1 heterocycles. The number of rotatable bonds is 5. The maximum absolute atomic E-state index is 12.3. The summed E-state index contributed by atoms with van der Waals surface area (Å²) in [5.41, 5.74) is 1.51. The Kier molecular flexibility index (Phi) is 5.96. The number of hydrogen-bond donors (Lipinski definition) is 0. The first-order valence-corrected chi connectivity index (χ1v) is 9.43. The largest absolute Gasteiger partial charge is 0.497 e. The van der Waals surface area contributed by atoms with Crippen molar-refractivity contribution in [1.29, 1.82) is 0 Å². The molecule has 0 spiro atoms. The van der Waals surface area contributed by atoms with E-state index in [1.54, 1.807) is 43.4 Å². The van der Waals surface area contributed by atoms with Gasteiger partial charge < -0.3 is 9.47 Å². The van der Waals surface area contributed by atoms with Gasteiger partial charge in [-0.3, -0.25) is 9.69 Å². The molecule has 0 aromatic heterocycles. The van der Waals surface area contributed by atoms with E-state index in [1.165, 1.54) is 11.8 Å². The number of benzene rings is 2. The predicted molar refractivity (Wildman–Crippen MR) is 106 cm³/mol. The van der Waals surface area contributed by atoms with Gasteiger partial charge in [-0.25, -0.2) is 4.99 Å². The summed E-state index contributed by atoms with van der Waals surface area (Å²) in [5.74, 6) is 1.69. The minimum atomic E-state index is -0.00770. The maximum Gasteiger partial charge on any atom is 0.239 e. The van der Waals surface area contributed by atoms with Crippen molar-refractivity contribution in [3.63, 3.8) is 0 Å². The van der Waals surface area contributed by atoms with Gasteiger partial charge in [-0.15, -0.1) is 0 Å². The van der Waals surface area contributed by atoms with E-state index in [9.17, 15) is 4.79 Å². The molecule has 0 N–H and O–H groups in total. The Labute approximate surface area is 165 Å². The standard InChI is InChI=1S/C18H16Cl2N2O3S/c1-24-13-5-3-11(16(8-13)25-2)9-22-17(23)10-26-18(22)21-12-4-6-14(19)15(20)7-12/h3-8H,9-10H2,1-2H3/b21-18+. The Morgan fingerprint density at radius 2 is 1.92 bits per heavy atom. The number of halogens is 2. The quantitative estimate of drug-likeness (QED) is 0.711. The second-order valence-corrected chi connectivity index (χ2v) is 7.20. The first-order valence-electron chi connectivity index (χ1n) is 7.69. The highest BCUT2D eigenvalue weighted by atomic mass is 35.5. The third-order valence-corrected chi connectivity index (χ3v) is 5.51. The number of carbonyl (C=O) groups is 1. The minimum Gasteiger partial charge on any atom is -0.497 e. The maximum atomic E-state index is 12.3. The van der Waals surface area contributed by atoms with Crippen molar-refractivity contribution in [3.05, 3.63) is 52.0 Å². The van der Waals surface area contributed by atoms with Gasteiger partial charge in [0.2, 0.25) is 5.91 Å². The predicted octanol–water partition coefficient (Wildman–Crippen LogP) is 4.77. The molecule has 2 aromatic carbocycles. The molecular formula is C18H16Cl2N2O3S. The lowest BCUT2D eigenvalue weighted by atomic mass is 10.2. The summed E-state index contributed by atoms with van der Waals surface area (Å²) in [5, 5.41) is 1.50. The molecule has 3 rings (SSSR count). The summed E-state index contributed by atoms with van der Waals surface area (Å²) < 4.78 is 10.6. The molecule has 26 heavy (non-hydrogen) atoms. The highest BCUT2D eigenvalue weighted by Gasteiger charge is 2.29. The van der Waals surface area contributed by atoms with Crippen LogP contribution < -0.4 is 9.47 Å². The van der Waals surface area contributed by atoms with Crippen LogP contribution in [0, 0.1) is 0 Å². The Bertz CT molecular complexity index is 874. The number of aliphatic imine (C=N–C) groups is 1. The van der Waals surface area contributed by atoms with Crippen molar-refractivity contribution in [3.8, 4) is 11.5 Å². The van der Waals surface area contributed by atoms with Crippen LogP contribution in [-0.2, 0) is 11.3 Å². The van der Waals surface area contributed by atoms with E-state index in [-0.39, 0.29) is 5.91 Å². The van der Waals surface area contributed by atoms with Gasteiger partial charge in [-0.05, 0) is 30.3 Å². The lowest BCUT2D eigenvalue weighted by molar-refractivity contribution is -0.124. The second-order valence-electron chi connectivity index (χ2n) is 5.44. The van der Waals surface area contributed by atoms with Crippen LogP contribution in [0.4, 0.5) is 5.69 Å². The Morgan fingerprint density at radius 1 is 1.12 bits per heavy atom. The first kappa shape index (κ1) is 18.9. The summed E-state index contributed by atoms with van der Waals surface area (Å²) in [4.78, 5) is 18.5. The molecule has 2 aromatic rings. The zero-order valence-electron chi connectivity index (χ0n) is 14.2. The molecule has 5 nitrogen and oxygen atoms in total. The third kappa shape index (κ3) is 4.09. The lowest BCUT2D eigenvalue weighted by Crippen LogP contribution is -2.29. The second kappa shape index (κ2) is 8.20. The van der Waals surface area contributed by atoms with Gasteiger partial charge in [0.25, 0.3) is 0 Å². The van der Waals surface area contributed by atoms with Gasteiger partial charge >= 0.3 is 0 Å². The van der Waals surface area contributed by atoms with E-state index < -0.39 is 0 Å². The Morgan fingerprint density at radius 3 is 2.62 bits per heavy atom. The van der Waals surface area contributed by atoms with Crippen LogP contribution in [-0.4, -0.2) is 35.9 Å². The van der Waals surface area contributed by atoms with Gasteiger partial charge in [0, 0.05) is 11.6 Å². The molecule has 136 valence electrons. The van der Waals surface area contributed by atoms with Crippen LogP contribution >= 0.6 is 35.0 Å². The molecule has 0 atom stereocenters. The number of thioether (sulfide) groups is 1. The molecule has 0 radical (unpaired) electrons. The third-order valence-electron chi connectivity index (χ3n) is 3.81. The first-order chi connectivity index (χ1) is 12.5. The fourth-order valence-electron chi connectivity index (χ4n) is 2.46. The van der Waals surface area contributed by atoms with Gasteiger partial charge in [0.15, 0.2) is 5.17 Å². The van der Waals surface area contributed by atoms with Crippen LogP contribution in [0.1, 0.15) is 5.56 Å². The molecule has 1 amide bonds. The summed E-state index contributed by atoms with van der Waals surface area (Å²) in [6.07, 6.45) is 0. The average molecular weight is 411 g/mol. The molecule has 0 aliphatic carbocycles. The molecule has 1 fully saturated rings. The van der Waals surface area contributed by atoms with Crippen molar-refractivity contribution >= 4 is 51.7 Å². The molecule has 0 bridgehead atoms. The van der Waals surface area contributed by atoms with Gasteiger partial charge in [-0.1, -0.05) is 35.0 Å². The highest BCUT2D eigenvalue weighted by molar-refractivity contribution is 8.15. The van der Waals surface area contributed by atoms with E-state index in [2.05, 4.69) is 4.99 Å². The average Bonchev–Trinajstić information content (AvgIpc) is 2.98. The molecule has 0 unspecified atom stereocenters. The molecule has 0 saturated carbocycles. The van der Waals surface area contributed by atoms with Crippen LogP contribution in [0.15, 0.2) is 41.4 Å². The van der Waals surface area contributed by atoms with Crippen LogP contribution in [0.5, 0.6) is 11.5 Å². The van der Waals surface area contributed by atoms with E-state index >= 15 is 0 Å². The van der Waals surface area contributed by atoms with Crippen molar-refractivity contribution in [2.75, 3.05) is 20.0 Å². The summed E-state index contributed by atoms with van der Waals surface area (Å²) in [6.45, 7) is 0.360. The van der Waals surface area contributed by atoms with Crippen molar-refractivity contribution in [2.45, 2.75) is 6.54 Å². The molecule has 1 aliphatic rings. The number of amides is 1. The fraction of sp³-hybridized carbons (Fsp3) is 0.222. The Balaban J connectivity index is 1.89. The number of amidine groups is 1. The molecule has 1 aliphatic heterocycles. The van der Waals surface area contributed by atoms with Gasteiger partial charge in [0.1, 0.15) is 11.5 Å². The van der Waals surface area contributed by atoms with Crippen molar-refractivity contribution < 1.29 is 14.3 Å². The van der Waals surface area contributed by atoms with E-state index in [0.29, 0.717) is 44.7 Å². The lowest BCUT2D eigenvalue weighted by Gasteiger charge is -2.18. The van der Waals surface area contributed by atoms with Crippen LogP contribution in [0.3, 0.4) is 0 Å². The smallest absolute Gasteiger partial charge is 0.239 e. The summed E-state index contributed by atoms with van der Waals surface area (Å²) in [7, 11) is 3.18. The van der Waals surface area contributed by atoms with Gasteiger partial charge in [0.05, 0.1) is 42.2 Å². The van der Waals surface area contributed by atoms with Crippen LogP contribution in [0.25, 0.3) is 0 Å². The summed E-state index contributed by atoms with van der Waals surface area (Å²) in [6, 6.07) is 10.6. The topological polar surface area (TPSA) is 51.1 Å². The molecule has 8 heteroatoms. The minimum absolute atomic E-state index is 0.00770. The van der Waals surface area contributed by atoms with Crippen molar-refractivity contribution in [2.24, 2.45) is 4.99 Å². The molecular weight excluding hydrogens is 395 g/mol. The fourth-order valence-corrected chi connectivity index (χ4v) is 3.65. The number of hydrogen-bond acceptors (Lipinski definition) is 5. The molecule has 1 saturated heterocycles. The normalized spacial score (nSPS) is 15.6. The van der Waals surface area contributed by atoms with Crippen LogP contribution in [0.2, 0.25) is 10.0 Å².